The monoisotopic (exact) mass is 310 g/mol. The number of hydrogen-bond donors (Lipinski definition) is 1. The summed E-state index contributed by atoms with van der Waals surface area (Å²) in [5.74, 6) is 0.0268. The van der Waals surface area contributed by atoms with E-state index >= 15 is 0 Å². The molecule has 0 spiro atoms. The standard InChI is InChI=1S/C13H15BrN2O2/c1-2-7-16-12(17)9-15(13(16)18)8-10-3-5-11(14)6-4-10/h3-6,9,17H,2,7-8H2,1H3. The van der Waals surface area contributed by atoms with Gasteiger partial charge < -0.3 is 5.11 Å². The summed E-state index contributed by atoms with van der Waals surface area (Å²) >= 11 is 3.37. The number of halogens is 1. The lowest BCUT2D eigenvalue weighted by molar-refractivity contribution is 0.412. The van der Waals surface area contributed by atoms with E-state index in [-0.39, 0.29) is 11.6 Å². The maximum Gasteiger partial charge on any atom is 0.331 e. The van der Waals surface area contributed by atoms with Gasteiger partial charge in [-0.3, -0.25) is 9.13 Å². The average Bonchev–Trinajstić information content (AvgIpc) is 2.60. The molecule has 0 saturated heterocycles. The van der Waals surface area contributed by atoms with Crippen LogP contribution in [0.3, 0.4) is 0 Å². The van der Waals surface area contributed by atoms with E-state index in [4.69, 9.17) is 0 Å². The molecular weight excluding hydrogens is 296 g/mol. The van der Waals surface area contributed by atoms with Crippen molar-refractivity contribution in [2.24, 2.45) is 0 Å². The van der Waals surface area contributed by atoms with Crippen LogP contribution in [0.4, 0.5) is 0 Å². The first-order chi connectivity index (χ1) is 8.61. The van der Waals surface area contributed by atoms with Gasteiger partial charge in [-0.2, -0.15) is 0 Å². The van der Waals surface area contributed by atoms with Gasteiger partial charge in [-0.25, -0.2) is 4.79 Å². The molecule has 0 aliphatic rings. The van der Waals surface area contributed by atoms with Gasteiger partial charge in [-0.1, -0.05) is 35.0 Å². The zero-order chi connectivity index (χ0) is 13.1. The fourth-order valence-electron chi connectivity index (χ4n) is 1.85. The van der Waals surface area contributed by atoms with Crippen molar-refractivity contribution in [3.63, 3.8) is 0 Å². The van der Waals surface area contributed by atoms with Gasteiger partial charge in [0.05, 0.1) is 12.7 Å². The highest BCUT2D eigenvalue weighted by molar-refractivity contribution is 9.10. The van der Waals surface area contributed by atoms with Crippen LogP contribution in [0.1, 0.15) is 18.9 Å². The van der Waals surface area contributed by atoms with Crippen LogP contribution in [0, 0.1) is 0 Å². The van der Waals surface area contributed by atoms with E-state index in [9.17, 15) is 9.90 Å². The van der Waals surface area contributed by atoms with Gasteiger partial charge in [0.1, 0.15) is 0 Å². The van der Waals surface area contributed by atoms with E-state index in [2.05, 4.69) is 15.9 Å². The highest BCUT2D eigenvalue weighted by Crippen LogP contribution is 2.12. The maximum atomic E-state index is 12.0. The Morgan fingerprint density at radius 2 is 1.94 bits per heavy atom. The summed E-state index contributed by atoms with van der Waals surface area (Å²) < 4.78 is 3.91. The lowest BCUT2D eigenvalue weighted by Gasteiger charge is -2.02. The first-order valence-electron chi connectivity index (χ1n) is 5.85. The van der Waals surface area contributed by atoms with Crippen LogP contribution in [0.15, 0.2) is 39.7 Å². The molecule has 1 aromatic carbocycles. The van der Waals surface area contributed by atoms with Gasteiger partial charge in [0, 0.05) is 11.0 Å². The molecule has 4 nitrogen and oxygen atoms in total. The molecule has 96 valence electrons. The third-order valence-corrected chi connectivity index (χ3v) is 3.27. The first-order valence-corrected chi connectivity index (χ1v) is 6.64. The summed E-state index contributed by atoms with van der Waals surface area (Å²) in [6.07, 6.45) is 2.30. The summed E-state index contributed by atoms with van der Waals surface area (Å²) in [6.45, 7) is 2.98. The summed E-state index contributed by atoms with van der Waals surface area (Å²) in [7, 11) is 0. The second kappa shape index (κ2) is 5.44. The van der Waals surface area contributed by atoms with Gasteiger partial charge in [0.25, 0.3) is 0 Å². The molecule has 1 N–H and O–H groups in total. The Bertz CT molecular complexity index is 584. The number of hydrogen-bond acceptors (Lipinski definition) is 2. The molecule has 0 atom stereocenters. The number of nitrogens with zero attached hydrogens (tertiary/aromatic N) is 2. The third kappa shape index (κ3) is 2.67. The van der Waals surface area contributed by atoms with Crippen molar-refractivity contribution in [2.75, 3.05) is 0 Å². The normalized spacial score (nSPS) is 10.8. The van der Waals surface area contributed by atoms with E-state index in [1.165, 1.54) is 15.3 Å². The van der Waals surface area contributed by atoms with Gasteiger partial charge >= 0.3 is 5.69 Å². The molecule has 0 fully saturated rings. The van der Waals surface area contributed by atoms with Crippen molar-refractivity contribution in [3.05, 3.63) is 51.0 Å². The molecule has 1 heterocycles. The van der Waals surface area contributed by atoms with Crippen molar-refractivity contribution in [2.45, 2.75) is 26.4 Å². The zero-order valence-electron chi connectivity index (χ0n) is 10.1. The quantitative estimate of drug-likeness (QED) is 0.943. The molecule has 0 amide bonds. The Morgan fingerprint density at radius 1 is 1.28 bits per heavy atom. The van der Waals surface area contributed by atoms with Crippen LogP contribution in [0.25, 0.3) is 0 Å². The fourth-order valence-corrected chi connectivity index (χ4v) is 2.12. The van der Waals surface area contributed by atoms with Crippen molar-refractivity contribution in [3.8, 4) is 5.88 Å². The van der Waals surface area contributed by atoms with E-state index < -0.39 is 0 Å². The average molecular weight is 311 g/mol. The third-order valence-electron chi connectivity index (χ3n) is 2.74. The van der Waals surface area contributed by atoms with E-state index in [1.54, 1.807) is 0 Å². The predicted octanol–water partition coefficient (Wildman–Crippen LogP) is 2.58. The number of rotatable bonds is 4. The first kappa shape index (κ1) is 13.0. The largest absolute Gasteiger partial charge is 0.493 e. The molecule has 0 aliphatic carbocycles. The highest BCUT2D eigenvalue weighted by atomic mass is 79.9. The molecule has 0 bridgehead atoms. The lowest BCUT2D eigenvalue weighted by atomic mass is 10.2. The number of benzene rings is 1. The van der Waals surface area contributed by atoms with E-state index in [0.717, 1.165) is 16.5 Å². The Kier molecular flexibility index (Phi) is 3.91. The summed E-state index contributed by atoms with van der Waals surface area (Å²) in [4.78, 5) is 12.0. The van der Waals surface area contributed by atoms with Crippen LogP contribution in [0.2, 0.25) is 0 Å². The fraction of sp³-hybridized carbons (Fsp3) is 0.308. The number of aromatic nitrogens is 2. The molecule has 0 saturated carbocycles. The zero-order valence-corrected chi connectivity index (χ0v) is 11.7. The number of imidazole rings is 1. The SMILES string of the molecule is CCCn1c(O)cn(Cc2ccc(Br)cc2)c1=O. The van der Waals surface area contributed by atoms with Gasteiger partial charge in [-0.05, 0) is 24.1 Å². The molecular formula is C13H15BrN2O2. The topological polar surface area (TPSA) is 47.2 Å². The minimum absolute atomic E-state index is 0.0268. The van der Waals surface area contributed by atoms with Crippen LogP contribution >= 0.6 is 15.9 Å². The number of aromatic hydroxyl groups is 1. The van der Waals surface area contributed by atoms with E-state index in [1.807, 2.05) is 31.2 Å². The predicted molar refractivity (Wildman–Crippen MR) is 73.9 cm³/mol. The van der Waals surface area contributed by atoms with Crippen LogP contribution in [0.5, 0.6) is 5.88 Å². The maximum absolute atomic E-state index is 12.0. The minimum atomic E-state index is -0.169. The highest BCUT2D eigenvalue weighted by Gasteiger charge is 2.09. The Hall–Kier alpha value is -1.49. The molecule has 5 heteroatoms. The Morgan fingerprint density at radius 3 is 2.56 bits per heavy atom. The molecule has 0 aliphatic heterocycles. The Labute approximate surface area is 114 Å². The van der Waals surface area contributed by atoms with Crippen molar-refractivity contribution < 1.29 is 5.11 Å². The molecule has 1 aromatic heterocycles. The summed E-state index contributed by atoms with van der Waals surface area (Å²) in [6, 6.07) is 7.77. The van der Waals surface area contributed by atoms with E-state index in [0.29, 0.717) is 13.1 Å². The van der Waals surface area contributed by atoms with Gasteiger partial charge in [-0.15, -0.1) is 0 Å². The van der Waals surface area contributed by atoms with Crippen molar-refractivity contribution in [1.82, 2.24) is 9.13 Å². The lowest BCUT2D eigenvalue weighted by Crippen LogP contribution is -2.24. The minimum Gasteiger partial charge on any atom is -0.493 e. The second-order valence-corrected chi connectivity index (χ2v) is 5.09. The molecule has 2 rings (SSSR count). The Balaban J connectivity index is 2.27. The summed E-state index contributed by atoms with van der Waals surface area (Å²) in [5.41, 5.74) is 0.853. The molecule has 2 aromatic rings. The van der Waals surface area contributed by atoms with Gasteiger partial charge in [0.15, 0.2) is 0 Å². The molecule has 0 unspecified atom stereocenters. The van der Waals surface area contributed by atoms with Crippen molar-refractivity contribution >= 4 is 15.9 Å². The van der Waals surface area contributed by atoms with Crippen LogP contribution in [-0.2, 0) is 13.1 Å². The second-order valence-electron chi connectivity index (χ2n) is 4.18. The van der Waals surface area contributed by atoms with Crippen LogP contribution in [-0.4, -0.2) is 14.2 Å². The molecule has 0 radical (unpaired) electrons. The molecule has 18 heavy (non-hydrogen) atoms. The smallest absolute Gasteiger partial charge is 0.331 e. The summed E-state index contributed by atoms with van der Waals surface area (Å²) in [5, 5.41) is 9.70. The van der Waals surface area contributed by atoms with Crippen molar-refractivity contribution in [1.29, 1.82) is 0 Å². The van der Waals surface area contributed by atoms with Gasteiger partial charge in [0.2, 0.25) is 5.88 Å². The van der Waals surface area contributed by atoms with Crippen LogP contribution < -0.4 is 5.69 Å².